The number of carboxylic acids is 2. The summed E-state index contributed by atoms with van der Waals surface area (Å²) in [6.07, 6.45) is -4.82. The van der Waals surface area contributed by atoms with Crippen LogP contribution in [0.1, 0.15) is 39.1 Å². The van der Waals surface area contributed by atoms with Crippen LogP contribution in [0.3, 0.4) is 0 Å². The molecule has 2 aromatic heterocycles. The first kappa shape index (κ1) is 32.0. The average molecular weight is 602 g/mol. The monoisotopic (exact) mass is 601 g/mol. The minimum Gasteiger partial charge on any atom is -0.475 e. The fourth-order valence-corrected chi connectivity index (χ4v) is 4.81. The molecule has 1 amide bonds. The lowest BCUT2D eigenvalue weighted by Gasteiger charge is -2.23. The van der Waals surface area contributed by atoms with Crippen molar-refractivity contribution in [2.45, 2.75) is 30.9 Å². The van der Waals surface area contributed by atoms with Gasteiger partial charge in [0.15, 0.2) is 0 Å². The van der Waals surface area contributed by atoms with Gasteiger partial charge in [-0.05, 0) is 34.9 Å². The van der Waals surface area contributed by atoms with Crippen LogP contribution >= 0.6 is 0 Å². The Labute approximate surface area is 234 Å². The normalized spacial score (nSPS) is 19.4. The first-order chi connectivity index (χ1) is 19.6. The van der Waals surface area contributed by atoms with E-state index in [0.29, 0.717) is 17.5 Å². The number of aromatic nitrogens is 3. The predicted octanol–water partition coefficient (Wildman–Crippen LogP) is 3.78. The van der Waals surface area contributed by atoms with E-state index in [4.69, 9.17) is 19.8 Å². The third-order valence-corrected chi connectivity index (χ3v) is 6.58. The molecule has 5 rings (SSSR count). The summed E-state index contributed by atoms with van der Waals surface area (Å²) in [4.78, 5) is 37.3. The van der Waals surface area contributed by atoms with Crippen molar-refractivity contribution in [2.75, 3.05) is 13.1 Å². The SMILES string of the molecule is Cn1nccc1C(=O)N[C@@H]1c2ccccc2[C@@H]2CN(Cc3ccncc3)C[C@H]12.O=C(O)C(F)(F)F.O=C(O)C(F)(F)F. The highest BCUT2D eigenvalue weighted by atomic mass is 19.4. The lowest BCUT2D eigenvalue weighted by molar-refractivity contribution is -0.193. The van der Waals surface area contributed by atoms with Crippen LogP contribution in [0.25, 0.3) is 0 Å². The lowest BCUT2D eigenvalue weighted by Crippen LogP contribution is -2.34. The maximum atomic E-state index is 12.9. The van der Waals surface area contributed by atoms with Gasteiger partial charge in [0.2, 0.25) is 0 Å². The molecule has 0 radical (unpaired) electrons. The number of halogens is 6. The third kappa shape index (κ3) is 8.05. The van der Waals surface area contributed by atoms with E-state index in [9.17, 15) is 31.1 Å². The molecule has 42 heavy (non-hydrogen) atoms. The van der Waals surface area contributed by atoms with Gasteiger partial charge in [0.05, 0.1) is 6.04 Å². The Balaban J connectivity index is 0.000000289. The zero-order valence-corrected chi connectivity index (χ0v) is 21.8. The highest BCUT2D eigenvalue weighted by Gasteiger charge is 2.46. The Morgan fingerprint density at radius 3 is 1.93 bits per heavy atom. The molecule has 0 bridgehead atoms. The minimum absolute atomic E-state index is 0.0334. The molecular weight excluding hydrogens is 576 g/mol. The van der Waals surface area contributed by atoms with Crippen molar-refractivity contribution >= 4 is 17.8 Å². The molecule has 0 unspecified atom stereocenters. The molecule has 3 N–H and O–H groups in total. The maximum absolute atomic E-state index is 12.9. The van der Waals surface area contributed by atoms with Gasteiger partial charge >= 0.3 is 24.3 Å². The number of nitrogens with one attached hydrogen (secondary N) is 1. The Morgan fingerprint density at radius 1 is 0.881 bits per heavy atom. The van der Waals surface area contributed by atoms with Crippen LogP contribution in [0.5, 0.6) is 0 Å². The van der Waals surface area contributed by atoms with E-state index in [-0.39, 0.29) is 11.9 Å². The van der Waals surface area contributed by atoms with Gasteiger partial charge in [-0.2, -0.15) is 31.4 Å². The molecule has 3 atom stereocenters. The summed E-state index contributed by atoms with van der Waals surface area (Å²) in [5.74, 6) is -4.74. The largest absolute Gasteiger partial charge is 0.490 e. The molecule has 1 saturated heterocycles. The summed E-state index contributed by atoms with van der Waals surface area (Å²) in [5, 5.41) is 21.7. The molecule has 1 aliphatic heterocycles. The number of alkyl halides is 6. The Hall–Kier alpha value is -4.47. The van der Waals surface area contributed by atoms with Crippen LogP contribution < -0.4 is 5.32 Å². The second-order valence-corrected chi connectivity index (χ2v) is 9.35. The van der Waals surface area contributed by atoms with Gasteiger partial charge in [-0.25, -0.2) is 9.59 Å². The molecule has 16 heteroatoms. The van der Waals surface area contributed by atoms with E-state index in [0.717, 1.165) is 19.6 Å². The highest BCUT2D eigenvalue weighted by molar-refractivity contribution is 5.92. The van der Waals surface area contributed by atoms with Gasteiger partial charge in [0.25, 0.3) is 5.91 Å². The molecular formula is C26H25F6N5O5. The molecule has 3 aromatic rings. The zero-order chi connectivity index (χ0) is 31.2. The zero-order valence-electron chi connectivity index (χ0n) is 21.8. The van der Waals surface area contributed by atoms with Crippen LogP contribution in [-0.4, -0.2) is 73.2 Å². The second-order valence-electron chi connectivity index (χ2n) is 9.35. The van der Waals surface area contributed by atoms with Crippen molar-refractivity contribution in [3.8, 4) is 0 Å². The van der Waals surface area contributed by atoms with Crippen molar-refractivity contribution in [3.05, 3.63) is 83.4 Å². The summed E-state index contributed by atoms with van der Waals surface area (Å²) in [6.45, 7) is 2.90. The Morgan fingerprint density at radius 2 is 1.43 bits per heavy atom. The van der Waals surface area contributed by atoms with Gasteiger partial charge in [-0.3, -0.25) is 19.4 Å². The Kier molecular flexibility index (Phi) is 9.93. The van der Waals surface area contributed by atoms with E-state index in [2.05, 4.69) is 56.7 Å². The fourth-order valence-electron chi connectivity index (χ4n) is 4.81. The van der Waals surface area contributed by atoms with Crippen LogP contribution in [0.4, 0.5) is 26.3 Å². The number of nitrogens with zero attached hydrogens (tertiary/aromatic N) is 4. The van der Waals surface area contributed by atoms with Crippen molar-refractivity contribution in [2.24, 2.45) is 13.0 Å². The Bertz CT molecular complexity index is 1370. The molecule has 1 aromatic carbocycles. The van der Waals surface area contributed by atoms with Crippen LogP contribution in [-0.2, 0) is 23.2 Å². The maximum Gasteiger partial charge on any atom is 0.490 e. The molecule has 1 aliphatic carbocycles. The fraction of sp³-hybridized carbons (Fsp3) is 0.346. The number of likely N-dealkylation sites (tertiary alicyclic amines) is 1. The van der Waals surface area contributed by atoms with E-state index in [1.165, 1.54) is 16.7 Å². The summed E-state index contributed by atoms with van der Waals surface area (Å²) >= 11 is 0. The van der Waals surface area contributed by atoms with Gasteiger partial charge in [-0.1, -0.05) is 24.3 Å². The molecule has 3 heterocycles. The van der Waals surface area contributed by atoms with Crippen LogP contribution in [0.15, 0.2) is 61.1 Å². The first-order valence-corrected chi connectivity index (χ1v) is 12.2. The summed E-state index contributed by atoms with van der Waals surface area (Å²) in [5.41, 5.74) is 4.50. The number of fused-ring (bicyclic) bond motifs is 3. The van der Waals surface area contributed by atoms with E-state index in [1.54, 1.807) is 24.0 Å². The van der Waals surface area contributed by atoms with Crippen molar-refractivity contribution in [1.82, 2.24) is 25.0 Å². The summed E-state index contributed by atoms with van der Waals surface area (Å²) in [6, 6.07) is 14.5. The van der Waals surface area contributed by atoms with Gasteiger partial charge in [0, 0.05) is 57.1 Å². The standard InChI is InChI=1S/C22H23N5O.2C2HF3O2/c1-26-20(8-11-24-26)22(28)25-21-17-5-3-2-4-16(17)18-13-27(14-19(18)21)12-15-6-9-23-10-7-15;2*3-2(4,5)1(6)7/h2-11,18-19,21H,12-14H2,1H3,(H,25,28);2*(H,6,7)/t18-,19-,21+;;/m0../s1. The summed E-state index contributed by atoms with van der Waals surface area (Å²) < 4.78 is 65.1. The number of carbonyl (C=O) groups excluding carboxylic acids is 1. The predicted molar refractivity (Wildman–Crippen MR) is 133 cm³/mol. The van der Waals surface area contributed by atoms with E-state index in [1.807, 2.05) is 12.4 Å². The van der Waals surface area contributed by atoms with Crippen LogP contribution in [0.2, 0.25) is 0 Å². The minimum atomic E-state index is -5.08. The number of pyridine rings is 1. The lowest BCUT2D eigenvalue weighted by atomic mass is 9.94. The molecule has 226 valence electrons. The molecule has 0 saturated carbocycles. The van der Waals surface area contributed by atoms with E-state index < -0.39 is 24.3 Å². The van der Waals surface area contributed by atoms with Crippen molar-refractivity contribution in [1.29, 1.82) is 0 Å². The molecule has 1 fully saturated rings. The van der Waals surface area contributed by atoms with Gasteiger partial charge in [-0.15, -0.1) is 0 Å². The highest BCUT2D eigenvalue weighted by Crippen LogP contribution is 2.49. The first-order valence-electron chi connectivity index (χ1n) is 12.2. The number of aryl methyl sites for hydroxylation is 1. The number of amides is 1. The average Bonchev–Trinajstić information content (AvgIpc) is 3.59. The van der Waals surface area contributed by atoms with Crippen LogP contribution in [0, 0.1) is 5.92 Å². The van der Waals surface area contributed by atoms with Gasteiger partial charge in [0.1, 0.15) is 5.69 Å². The van der Waals surface area contributed by atoms with Gasteiger partial charge < -0.3 is 15.5 Å². The third-order valence-electron chi connectivity index (χ3n) is 6.58. The quantitative estimate of drug-likeness (QED) is 0.385. The van der Waals surface area contributed by atoms with E-state index >= 15 is 0 Å². The number of aliphatic carboxylic acids is 2. The molecule has 2 aliphatic rings. The molecule has 0 spiro atoms. The smallest absolute Gasteiger partial charge is 0.475 e. The molecule has 10 nitrogen and oxygen atoms in total. The topological polar surface area (TPSA) is 138 Å². The number of carbonyl (C=O) groups is 3. The number of hydrogen-bond acceptors (Lipinski definition) is 6. The second kappa shape index (κ2) is 13.0. The summed E-state index contributed by atoms with van der Waals surface area (Å²) in [7, 11) is 1.80. The number of rotatable bonds is 4. The number of carboxylic acid groups (broad SMARTS) is 2. The van der Waals surface area contributed by atoms with Crippen molar-refractivity contribution in [3.63, 3.8) is 0 Å². The van der Waals surface area contributed by atoms with Crippen molar-refractivity contribution < 1.29 is 50.9 Å². The number of hydrogen-bond donors (Lipinski definition) is 3. The number of benzene rings is 1.